The molecule has 0 spiro atoms. The summed E-state index contributed by atoms with van der Waals surface area (Å²) in [5, 5.41) is 4.37. The summed E-state index contributed by atoms with van der Waals surface area (Å²) in [4.78, 5) is 0. The Balaban J connectivity index is 1.41. The first kappa shape index (κ1) is 19.2. The average molecular weight is 439 g/mol. The lowest BCUT2D eigenvalue weighted by Crippen LogP contribution is -1.78. The second-order valence-electron chi connectivity index (χ2n) is 9.18. The van der Waals surface area contributed by atoms with Crippen molar-refractivity contribution in [2.75, 3.05) is 0 Å². The number of furan rings is 2. The SMILES string of the molecule is Cc1ccc(-c2ccc3c(c2)oc2c3ccc3c4ccc(-c5ccc(C)cc5)cc4oc32)cc1. The summed E-state index contributed by atoms with van der Waals surface area (Å²) in [5.41, 5.74) is 10.5. The van der Waals surface area contributed by atoms with E-state index in [0.29, 0.717) is 0 Å². The van der Waals surface area contributed by atoms with E-state index < -0.39 is 0 Å². The van der Waals surface area contributed by atoms with Crippen LogP contribution in [0.4, 0.5) is 0 Å². The quantitative estimate of drug-likeness (QED) is 0.269. The zero-order chi connectivity index (χ0) is 22.8. The van der Waals surface area contributed by atoms with Crippen molar-refractivity contribution < 1.29 is 8.83 Å². The zero-order valence-corrected chi connectivity index (χ0v) is 19.1. The zero-order valence-electron chi connectivity index (χ0n) is 19.1. The van der Waals surface area contributed by atoms with Crippen LogP contribution >= 0.6 is 0 Å². The van der Waals surface area contributed by atoms with Crippen LogP contribution in [0.25, 0.3) is 66.1 Å². The Morgan fingerprint density at radius 1 is 0.382 bits per heavy atom. The lowest BCUT2D eigenvalue weighted by atomic mass is 10.0. The van der Waals surface area contributed by atoms with Crippen molar-refractivity contribution in [2.45, 2.75) is 13.8 Å². The first-order valence-corrected chi connectivity index (χ1v) is 11.6. The third-order valence-electron chi connectivity index (χ3n) is 6.85. The molecule has 0 saturated heterocycles. The lowest BCUT2D eigenvalue weighted by molar-refractivity contribution is 0.633. The Bertz CT molecular complexity index is 1710. The Labute approximate surface area is 197 Å². The fraction of sp³-hybridized carbons (Fsp3) is 0.0625. The molecule has 7 aromatic rings. The topological polar surface area (TPSA) is 26.3 Å². The number of hydrogen-bond donors (Lipinski definition) is 0. The van der Waals surface area contributed by atoms with Crippen LogP contribution < -0.4 is 0 Å². The molecule has 7 rings (SSSR count). The molecule has 0 bridgehead atoms. The molecule has 0 saturated carbocycles. The second kappa shape index (κ2) is 7.10. The Kier molecular flexibility index (Phi) is 4.01. The van der Waals surface area contributed by atoms with Crippen LogP contribution in [0.15, 0.2) is 106 Å². The van der Waals surface area contributed by atoms with Crippen molar-refractivity contribution in [3.8, 4) is 22.3 Å². The molecule has 0 unspecified atom stereocenters. The molecular weight excluding hydrogens is 416 g/mol. The van der Waals surface area contributed by atoms with Gasteiger partial charge >= 0.3 is 0 Å². The van der Waals surface area contributed by atoms with Gasteiger partial charge < -0.3 is 8.83 Å². The van der Waals surface area contributed by atoms with Crippen molar-refractivity contribution in [2.24, 2.45) is 0 Å². The number of fused-ring (bicyclic) bond motifs is 7. The third kappa shape index (κ3) is 2.89. The highest BCUT2D eigenvalue weighted by molar-refractivity contribution is 6.19. The molecule has 0 atom stereocenters. The maximum Gasteiger partial charge on any atom is 0.178 e. The van der Waals surface area contributed by atoms with Gasteiger partial charge in [0.1, 0.15) is 11.2 Å². The molecular formula is C32H22O2. The number of aryl methyl sites for hydroxylation is 2. The van der Waals surface area contributed by atoms with Crippen LogP contribution in [0.1, 0.15) is 11.1 Å². The molecule has 34 heavy (non-hydrogen) atoms. The molecule has 5 aromatic carbocycles. The van der Waals surface area contributed by atoms with Gasteiger partial charge in [-0.25, -0.2) is 0 Å². The molecule has 162 valence electrons. The minimum absolute atomic E-state index is 0.807. The Morgan fingerprint density at radius 2 is 0.735 bits per heavy atom. The van der Waals surface area contributed by atoms with E-state index in [4.69, 9.17) is 8.83 Å². The van der Waals surface area contributed by atoms with E-state index >= 15 is 0 Å². The number of hydrogen-bond acceptors (Lipinski definition) is 2. The molecule has 0 amide bonds. The highest BCUT2D eigenvalue weighted by Crippen LogP contribution is 2.40. The van der Waals surface area contributed by atoms with E-state index in [2.05, 4.69) is 111 Å². The predicted octanol–water partition coefficient (Wildman–Crippen LogP) is 9.44. The third-order valence-corrected chi connectivity index (χ3v) is 6.85. The van der Waals surface area contributed by atoms with Crippen molar-refractivity contribution >= 4 is 43.9 Å². The van der Waals surface area contributed by atoms with Gasteiger partial charge in [-0.15, -0.1) is 0 Å². The molecule has 2 heteroatoms. The van der Waals surface area contributed by atoms with Crippen molar-refractivity contribution in [1.29, 1.82) is 0 Å². The molecule has 0 aliphatic carbocycles. The highest BCUT2D eigenvalue weighted by Gasteiger charge is 2.16. The summed E-state index contributed by atoms with van der Waals surface area (Å²) < 4.78 is 12.8. The normalized spacial score (nSPS) is 11.8. The Hall–Kier alpha value is -4.30. The summed E-state index contributed by atoms with van der Waals surface area (Å²) in [6.45, 7) is 4.21. The van der Waals surface area contributed by atoms with Gasteiger partial charge in [0, 0.05) is 21.5 Å². The summed E-state index contributed by atoms with van der Waals surface area (Å²) in [5.74, 6) is 0. The van der Waals surface area contributed by atoms with Gasteiger partial charge in [0.05, 0.1) is 0 Å². The maximum absolute atomic E-state index is 6.42. The molecule has 0 radical (unpaired) electrons. The number of benzene rings is 5. The van der Waals surface area contributed by atoms with E-state index in [0.717, 1.165) is 55.0 Å². The first-order valence-electron chi connectivity index (χ1n) is 11.6. The minimum atomic E-state index is 0.807. The average Bonchev–Trinajstić information content (AvgIpc) is 3.42. The largest absolute Gasteiger partial charge is 0.452 e. The van der Waals surface area contributed by atoms with Crippen LogP contribution in [0.5, 0.6) is 0 Å². The van der Waals surface area contributed by atoms with E-state index in [9.17, 15) is 0 Å². The fourth-order valence-corrected chi connectivity index (χ4v) is 4.92. The van der Waals surface area contributed by atoms with Gasteiger partial charge in [-0.05, 0) is 72.5 Å². The Morgan fingerprint density at radius 3 is 1.15 bits per heavy atom. The van der Waals surface area contributed by atoms with E-state index in [1.165, 1.54) is 22.3 Å². The van der Waals surface area contributed by atoms with Crippen molar-refractivity contribution in [3.05, 3.63) is 108 Å². The lowest BCUT2D eigenvalue weighted by Gasteiger charge is -2.02. The summed E-state index contributed by atoms with van der Waals surface area (Å²) in [6, 6.07) is 34.4. The fourth-order valence-electron chi connectivity index (χ4n) is 4.92. The van der Waals surface area contributed by atoms with Crippen molar-refractivity contribution in [1.82, 2.24) is 0 Å². The first-order chi connectivity index (χ1) is 16.6. The molecule has 0 fully saturated rings. The maximum atomic E-state index is 6.42. The van der Waals surface area contributed by atoms with Crippen LogP contribution in [-0.4, -0.2) is 0 Å². The molecule has 2 nitrogen and oxygen atoms in total. The summed E-state index contributed by atoms with van der Waals surface area (Å²) in [7, 11) is 0. The van der Waals surface area contributed by atoms with Crippen LogP contribution in [0.3, 0.4) is 0 Å². The molecule has 0 aliphatic rings. The monoisotopic (exact) mass is 438 g/mol. The highest BCUT2D eigenvalue weighted by atomic mass is 16.4. The van der Waals surface area contributed by atoms with Crippen LogP contribution in [0.2, 0.25) is 0 Å². The van der Waals surface area contributed by atoms with E-state index in [-0.39, 0.29) is 0 Å². The van der Waals surface area contributed by atoms with Crippen molar-refractivity contribution in [3.63, 3.8) is 0 Å². The summed E-state index contributed by atoms with van der Waals surface area (Å²) in [6.07, 6.45) is 0. The van der Waals surface area contributed by atoms with Gasteiger partial charge in [0.2, 0.25) is 0 Å². The van der Waals surface area contributed by atoms with Gasteiger partial charge in [0.25, 0.3) is 0 Å². The molecule has 0 aliphatic heterocycles. The van der Waals surface area contributed by atoms with Gasteiger partial charge in [-0.1, -0.05) is 71.8 Å². The number of rotatable bonds is 2. The molecule has 2 heterocycles. The van der Waals surface area contributed by atoms with Crippen LogP contribution in [0, 0.1) is 13.8 Å². The summed E-state index contributed by atoms with van der Waals surface area (Å²) >= 11 is 0. The smallest absolute Gasteiger partial charge is 0.178 e. The van der Waals surface area contributed by atoms with Gasteiger partial charge in [-0.3, -0.25) is 0 Å². The van der Waals surface area contributed by atoms with E-state index in [1.807, 2.05) is 0 Å². The standard InChI is InChI=1S/C32H22O2/c1-19-3-7-21(8-4-19)23-11-13-25-27-15-16-28-26-14-12-24(22-9-5-20(2)6-10-22)18-30(26)34-32(28)31(27)33-29(25)17-23/h3-18H,1-2H3. The van der Waals surface area contributed by atoms with E-state index in [1.54, 1.807) is 0 Å². The molecule has 2 aromatic heterocycles. The van der Waals surface area contributed by atoms with Gasteiger partial charge in [0.15, 0.2) is 11.2 Å². The van der Waals surface area contributed by atoms with Gasteiger partial charge in [-0.2, -0.15) is 0 Å². The van der Waals surface area contributed by atoms with Crippen LogP contribution in [-0.2, 0) is 0 Å². The minimum Gasteiger partial charge on any atom is -0.452 e. The predicted molar refractivity (Wildman–Crippen MR) is 141 cm³/mol. The second-order valence-corrected chi connectivity index (χ2v) is 9.18. The molecule has 0 N–H and O–H groups in total.